The first-order valence-electron chi connectivity index (χ1n) is 6.47. The standard InChI is InChI=1S/C15H14F3NO2S/c1-8(6-9-7-12(19)22-13(9)14(20)21)10-4-2-3-5-11(10)15(16,17)18/h2-5,7-8H,6,19H2,1H3,(H,20,21). The number of hydrogen-bond donors (Lipinski definition) is 2. The highest BCUT2D eigenvalue weighted by atomic mass is 32.1. The van der Waals surface area contributed by atoms with Crippen molar-refractivity contribution in [1.82, 2.24) is 0 Å². The van der Waals surface area contributed by atoms with E-state index in [1.165, 1.54) is 18.2 Å². The first-order valence-corrected chi connectivity index (χ1v) is 7.29. The molecule has 0 saturated heterocycles. The molecule has 1 aromatic heterocycles. The summed E-state index contributed by atoms with van der Waals surface area (Å²) in [5.41, 5.74) is 5.52. The van der Waals surface area contributed by atoms with E-state index in [0.29, 0.717) is 10.6 Å². The van der Waals surface area contributed by atoms with Crippen molar-refractivity contribution in [2.24, 2.45) is 0 Å². The van der Waals surface area contributed by atoms with Gasteiger partial charge >= 0.3 is 12.1 Å². The molecular formula is C15H14F3NO2S. The Hall–Kier alpha value is -2.02. The summed E-state index contributed by atoms with van der Waals surface area (Å²) in [6.07, 6.45) is -4.25. The van der Waals surface area contributed by atoms with Crippen LogP contribution >= 0.6 is 11.3 Å². The lowest BCUT2D eigenvalue weighted by molar-refractivity contribution is -0.138. The van der Waals surface area contributed by atoms with Gasteiger partial charge < -0.3 is 10.8 Å². The third-order valence-corrected chi connectivity index (χ3v) is 4.34. The maximum atomic E-state index is 13.0. The van der Waals surface area contributed by atoms with Gasteiger partial charge in [-0.2, -0.15) is 13.2 Å². The molecule has 1 atom stereocenters. The molecule has 3 N–H and O–H groups in total. The zero-order valence-corrected chi connectivity index (χ0v) is 12.5. The second-order valence-electron chi connectivity index (χ2n) is 5.00. The van der Waals surface area contributed by atoms with E-state index in [4.69, 9.17) is 10.8 Å². The van der Waals surface area contributed by atoms with Gasteiger partial charge in [-0.25, -0.2) is 4.79 Å². The predicted octanol–water partition coefficient (Wildman–Crippen LogP) is 4.39. The maximum absolute atomic E-state index is 13.0. The van der Waals surface area contributed by atoms with Gasteiger partial charge in [-0.05, 0) is 35.6 Å². The first kappa shape index (κ1) is 16.4. The molecule has 3 nitrogen and oxygen atoms in total. The van der Waals surface area contributed by atoms with Crippen LogP contribution in [-0.2, 0) is 12.6 Å². The normalized spacial score (nSPS) is 13.1. The quantitative estimate of drug-likeness (QED) is 0.874. The number of carboxylic acids is 1. The zero-order chi connectivity index (χ0) is 16.5. The molecule has 0 fully saturated rings. The van der Waals surface area contributed by atoms with Crippen LogP contribution in [-0.4, -0.2) is 11.1 Å². The van der Waals surface area contributed by atoms with Crippen LogP contribution in [0.15, 0.2) is 30.3 Å². The molecule has 0 aliphatic rings. The Labute approximate surface area is 129 Å². The van der Waals surface area contributed by atoms with E-state index >= 15 is 0 Å². The summed E-state index contributed by atoms with van der Waals surface area (Å²) < 4.78 is 39.1. The fraction of sp³-hybridized carbons (Fsp3) is 0.267. The fourth-order valence-electron chi connectivity index (χ4n) is 2.41. The van der Waals surface area contributed by atoms with E-state index in [1.54, 1.807) is 13.0 Å². The van der Waals surface area contributed by atoms with Crippen molar-refractivity contribution in [2.75, 3.05) is 5.73 Å². The van der Waals surface area contributed by atoms with Crippen LogP contribution < -0.4 is 5.73 Å². The molecule has 0 aliphatic carbocycles. The lowest BCUT2D eigenvalue weighted by Gasteiger charge is -2.18. The summed E-state index contributed by atoms with van der Waals surface area (Å²) in [6, 6.07) is 6.85. The maximum Gasteiger partial charge on any atom is 0.416 e. The van der Waals surface area contributed by atoms with Crippen molar-refractivity contribution < 1.29 is 23.1 Å². The Morgan fingerprint density at radius 2 is 2.00 bits per heavy atom. The number of halogens is 3. The minimum Gasteiger partial charge on any atom is -0.477 e. The van der Waals surface area contributed by atoms with E-state index in [-0.39, 0.29) is 16.9 Å². The van der Waals surface area contributed by atoms with Crippen LogP contribution in [0.25, 0.3) is 0 Å². The molecule has 22 heavy (non-hydrogen) atoms. The van der Waals surface area contributed by atoms with E-state index in [9.17, 15) is 18.0 Å². The number of aromatic carboxylic acids is 1. The van der Waals surface area contributed by atoms with Gasteiger partial charge in [0, 0.05) is 0 Å². The van der Waals surface area contributed by atoms with Gasteiger partial charge in [-0.15, -0.1) is 11.3 Å². The van der Waals surface area contributed by atoms with Gasteiger partial charge in [-0.3, -0.25) is 0 Å². The summed E-state index contributed by atoms with van der Waals surface area (Å²) >= 11 is 0.925. The monoisotopic (exact) mass is 329 g/mol. The van der Waals surface area contributed by atoms with Gasteiger partial charge in [0.25, 0.3) is 0 Å². The Morgan fingerprint density at radius 1 is 1.36 bits per heavy atom. The molecule has 0 saturated carbocycles. The number of nitrogen functional groups attached to an aromatic ring is 1. The number of carbonyl (C=O) groups is 1. The Morgan fingerprint density at radius 3 is 2.59 bits per heavy atom. The Bertz CT molecular complexity index is 694. The number of hydrogen-bond acceptors (Lipinski definition) is 3. The molecule has 0 amide bonds. The number of carboxylic acid groups (broad SMARTS) is 1. The van der Waals surface area contributed by atoms with Crippen LogP contribution in [0.5, 0.6) is 0 Å². The van der Waals surface area contributed by atoms with Crippen molar-refractivity contribution in [3.8, 4) is 0 Å². The van der Waals surface area contributed by atoms with E-state index in [2.05, 4.69) is 0 Å². The number of benzene rings is 1. The average Bonchev–Trinajstić information content (AvgIpc) is 2.79. The number of nitrogens with two attached hydrogens (primary N) is 1. The molecule has 7 heteroatoms. The summed E-state index contributed by atoms with van der Waals surface area (Å²) in [6.45, 7) is 1.64. The molecule has 0 bridgehead atoms. The van der Waals surface area contributed by atoms with Gasteiger partial charge in [-0.1, -0.05) is 25.1 Å². The minimum atomic E-state index is -4.44. The van der Waals surface area contributed by atoms with Crippen LogP contribution in [0.1, 0.15) is 39.2 Å². The summed E-state index contributed by atoms with van der Waals surface area (Å²) in [7, 11) is 0. The highest BCUT2D eigenvalue weighted by Crippen LogP contribution is 2.37. The highest BCUT2D eigenvalue weighted by molar-refractivity contribution is 7.17. The average molecular weight is 329 g/mol. The molecule has 0 radical (unpaired) electrons. The second-order valence-corrected chi connectivity index (χ2v) is 6.08. The molecule has 0 spiro atoms. The van der Waals surface area contributed by atoms with Gasteiger partial charge in [0.05, 0.1) is 10.6 Å². The van der Waals surface area contributed by atoms with Crippen molar-refractivity contribution >= 4 is 22.3 Å². The molecule has 2 rings (SSSR count). The van der Waals surface area contributed by atoms with E-state index in [0.717, 1.165) is 17.4 Å². The lowest BCUT2D eigenvalue weighted by atomic mass is 9.90. The molecular weight excluding hydrogens is 315 g/mol. The van der Waals surface area contributed by atoms with Gasteiger partial charge in [0.15, 0.2) is 0 Å². The van der Waals surface area contributed by atoms with Crippen molar-refractivity contribution in [3.05, 3.63) is 51.9 Å². The van der Waals surface area contributed by atoms with E-state index < -0.39 is 23.6 Å². The molecule has 1 aromatic carbocycles. The molecule has 1 unspecified atom stereocenters. The SMILES string of the molecule is CC(Cc1cc(N)sc1C(=O)O)c1ccccc1C(F)(F)F. The van der Waals surface area contributed by atoms with Gasteiger partial charge in [0.2, 0.25) is 0 Å². The predicted molar refractivity (Wildman–Crippen MR) is 79.3 cm³/mol. The number of anilines is 1. The number of alkyl halides is 3. The Balaban J connectivity index is 2.35. The summed E-state index contributed by atoms with van der Waals surface area (Å²) in [4.78, 5) is 11.2. The smallest absolute Gasteiger partial charge is 0.416 e. The minimum absolute atomic E-state index is 0.0776. The van der Waals surface area contributed by atoms with Crippen LogP contribution in [0.3, 0.4) is 0 Å². The highest BCUT2D eigenvalue weighted by Gasteiger charge is 2.34. The molecule has 118 valence electrons. The molecule has 0 aliphatic heterocycles. The first-order chi connectivity index (χ1) is 10.2. The third kappa shape index (κ3) is 3.41. The number of thiophene rings is 1. The summed E-state index contributed by atoms with van der Waals surface area (Å²) in [5.74, 6) is -1.60. The largest absolute Gasteiger partial charge is 0.477 e. The number of rotatable bonds is 4. The van der Waals surface area contributed by atoms with Crippen molar-refractivity contribution in [2.45, 2.75) is 25.4 Å². The zero-order valence-electron chi connectivity index (χ0n) is 11.6. The summed E-state index contributed by atoms with van der Waals surface area (Å²) in [5, 5.41) is 9.46. The van der Waals surface area contributed by atoms with Crippen LogP contribution in [0.2, 0.25) is 0 Å². The second kappa shape index (κ2) is 6.00. The third-order valence-electron chi connectivity index (χ3n) is 3.35. The molecule has 1 heterocycles. The lowest BCUT2D eigenvalue weighted by Crippen LogP contribution is -2.12. The van der Waals surface area contributed by atoms with Gasteiger partial charge in [0.1, 0.15) is 4.88 Å². The van der Waals surface area contributed by atoms with E-state index in [1.807, 2.05) is 0 Å². The fourth-order valence-corrected chi connectivity index (χ4v) is 3.21. The molecule has 2 aromatic rings. The van der Waals surface area contributed by atoms with Crippen molar-refractivity contribution in [1.29, 1.82) is 0 Å². The van der Waals surface area contributed by atoms with Crippen LogP contribution in [0, 0.1) is 0 Å². The van der Waals surface area contributed by atoms with Crippen LogP contribution in [0.4, 0.5) is 18.2 Å². The van der Waals surface area contributed by atoms with Crippen molar-refractivity contribution in [3.63, 3.8) is 0 Å². The topological polar surface area (TPSA) is 63.3 Å². The Kier molecular flexibility index (Phi) is 4.46.